The minimum Gasteiger partial charge on any atom is -0.379 e. The molecule has 1 aromatic carbocycles. The Hall–Kier alpha value is -1.54. The molecule has 1 saturated heterocycles. The van der Waals surface area contributed by atoms with Crippen molar-refractivity contribution in [2.75, 3.05) is 40.5 Å². The first kappa shape index (κ1) is 17.3. The van der Waals surface area contributed by atoms with Gasteiger partial charge in [-0.3, -0.25) is 4.79 Å². The molecule has 2 aromatic rings. The molecule has 130 valence electrons. The van der Waals surface area contributed by atoms with E-state index in [4.69, 9.17) is 9.47 Å². The number of likely N-dealkylation sites (N-methyl/N-ethyl adjacent to an activating group) is 1. The highest BCUT2D eigenvalue weighted by Crippen LogP contribution is 2.20. The zero-order valence-electron chi connectivity index (χ0n) is 14.0. The quantitative estimate of drug-likeness (QED) is 0.861. The van der Waals surface area contributed by atoms with Crippen molar-refractivity contribution in [1.29, 1.82) is 0 Å². The van der Waals surface area contributed by atoms with E-state index < -0.39 is 0 Å². The first-order chi connectivity index (χ1) is 11.6. The number of carbonyl (C=O) groups is 1. The number of thiazole rings is 1. The van der Waals surface area contributed by atoms with Crippen molar-refractivity contribution in [3.05, 3.63) is 29.3 Å². The van der Waals surface area contributed by atoms with Gasteiger partial charge < -0.3 is 19.7 Å². The average molecular weight is 349 g/mol. The number of amides is 1. The number of nitrogens with one attached hydrogen (secondary N) is 1. The van der Waals surface area contributed by atoms with E-state index >= 15 is 0 Å². The molecule has 0 radical (unpaired) electrons. The number of hydrogen-bond donors (Lipinski definition) is 1. The fraction of sp³-hybridized carbons (Fsp3) is 0.529. The monoisotopic (exact) mass is 349 g/mol. The van der Waals surface area contributed by atoms with E-state index in [-0.39, 0.29) is 18.1 Å². The molecule has 1 aromatic heterocycles. The number of aromatic nitrogens is 1. The molecule has 24 heavy (non-hydrogen) atoms. The van der Waals surface area contributed by atoms with Gasteiger partial charge in [-0.2, -0.15) is 0 Å². The van der Waals surface area contributed by atoms with E-state index in [1.165, 1.54) is 11.3 Å². The van der Waals surface area contributed by atoms with E-state index in [0.717, 1.165) is 23.2 Å². The molecule has 0 saturated carbocycles. The largest absolute Gasteiger partial charge is 0.379 e. The van der Waals surface area contributed by atoms with Crippen LogP contribution >= 0.6 is 11.3 Å². The van der Waals surface area contributed by atoms with E-state index in [1.807, 2.05) is 32.3 Å². The molecule has 0 spiro atoms. The SMILES string of the molecule is CN(C)CCO[C@@H]1COCC[C@H]1NC(=O)c1ccc2ncsc2c1. The number of benzene rings is 1. The average Bonchev–Trinajstić information content (AvgIpc) is 3.03. The van der Waals surface area contributed by atoms with Crippen LogP contribution in [-0.4, -0.2) is 68.4 Å². The van der Waals surface area contributed by atoms with Gasteiger partial charge in [0.25, 0.3) is 5.91 Å². The number of ether oxygens (including phenoxy) is 2. The summed E-state index contributed by atoms with van der Waals surface area (Å²) in [5.74, 6) is -0.0709. The van der Waals surface area contributed by atoms with Crippen molar-refractivity contribution in [1.82, 2.24) is 15.2 Å². The third-order valence-electron chi connectivity index (χ3n) is 4.08. The van der Waals surface area contributed by atoms with Crippen molar-refractivity contribution in [3.63, 3.8) is 0 Å². The molecule has 2 heterocycles. The number of hydrogen-bond acceptors (Lipinski definition) is 6. The van der Waals surface area contributed by atoms with Gasteiger partial charge in [0.05, 0.1) is 35.0 Å². The smallest absolute Gasteiger partial charge is 0.251 e. The van der Waals surface area contributed by atoms with E-state index in [0.29, 0.717) is 25.4 Å². The molecule has 0 aliphatic carbocycles. The summed E-state index contributed by atoms with van der Waals surface area (Å²) in [5, 5.41) is 3.11. The van der Waals surface area contributed by atoms with Gasteiger partial charge in [-0.15, -0.1) is 11.3 Å². The van der Waals surface area contributed by atoms with Gasteiger partial charge in [0.1, 0.15) is 6.10 Å². The van der Waals surface area contributed by atoms with E-state index in [1.54, 1.807) is 5.51 Å². The molecule has 3 rings (SSSR count). The van der Waals surface area contributed by atoms with E-state index in [2.05, 4.69) is 15.2 Å². The minimum absolute atomic E-state index is 0.0226. The van der Waals surface area contributed by atoms with Crippen LogP contribution in [0.5, 0.6) is 0 Å². The highest BCUT2D eigenvalue weighted by molar-refractivity contribution is 7.16. The number of rotatable bonds is 6. The second-order valence-electron chi connectivity index (χ2n) is 6.19. The summed E-state index contributed by atoms with van der Waals surface area (Å²) in [7, 11) is 4.02. The zero-order chi connectivity index (χ0) is 16.9. The van der Waals surface area contributed by atoms with Crippen molar-refractivity contribution in [2.45, 2.75) is 18.6 Å². The molecule has 1 fully saturated rings. The van der Waals surface area contributed by atoms with Crippen LogP contribution in [0, 0.1) is 0 Å². The standard InChI is InChI=1S/C17H23N3O3S/c1-20(2)6-8-23-15-10-22-7-5-13(15)19-17(21)12-3-4-14-16(9-12)24-11-18-14/h3-4,9,11,13,15H,5-8,10H2,1-2H3,(H,19,21)/t13-,15-/m1/s1. The lowest BCUT2D eigenvalue weighted by atomic mass is 10.1. The van der Waals surface area contributed by atoms with Gasteiger partial charge in [0.2, 0.25) is 0 Å². The minimum atomic E-state index is -0.102. The maximum atomic E-state index is 12.6. The molecule has 2 atom stereocenters. The van der Waals surface area contributed by atoms with Gasteiger partial charge in [0, 0.05) is 18.7 Å². The molecule has 1 N–H and O–H groups in total. The molecule has 7 heteroatoms. The lowest BCUT2D eigenvalue weighted by Gasteiger charge is -2.32. The van der Waals surface area contributed by atoms with Crippen LogP contribution < -0.4 is 5.32 Å². The molecule has 0 unspecified atom stereocenters. The Labute approximate surface area is 145 Å². The third kappa shape index (κ3) is 4.30. The Morgan fingerprint density at radius 2 is 2.38 bits per heavy atom. The second kappa shape index (κ2) is 8.02. The number of nitrogens with zero attached hydrogens (tertiary/aromatic N) is 2. The van der Waals surface area contributed by atoms with Crippen molar-refractivity contribution < 1.29 is 14.3 Å². The highest BCUT2D eigenvalue weighted by atomic mass is 32.1. The summed E-state index contributed by atoms with van der Waals surface area (Å²) in [6, 6.07) is 5.57. The molecule has 0 bridgehead atoms. The second-order valence-corrected chi connectivity index (χ2v) is 7.08. The van der Waals surface area contributed by atoms with Crippen molar-refractivity contribution in [2.24, 2.45) is 0 Å². The Morgan fingerprint density at radius 3 is 3.21 bits per heavy atom. The molecule has 1 aliphatic heterocycles. The summed E-state index contributed by atoms with van der Waals surface area (Å²) in [6.07, 6.45) is 0.663. The van der Waals surface area contributed by atoms with E-state index in [9.17, 15) is 4.79 Å². The van der Waals surface area contributed by atoms with Crippen LogP contribution in [0.3, 0.4) is 0 Å². The van der Waals surface area contributed by atoms with Crippen LogP contribution in [0.4, 0.5) is 0 Å². The van der Waals surface area contributed by atoms with Crippen LogP contribution in [0.2, 0.25) is 0 Å². The van der Waals surface area contributed by atoms with Crippen LogP contribution in [0.15, 0.2) is 23.7 Å². The van der Waals surface area contributed by atoms with Gasteiger partial charge >= 0.3 is 0 Å². The van der Waals surface area contributed by atoms with Gasteiger partial charge in [-0.05, 0) is 38.7 Å². The third-order valence-corrected chi connectivity index (χ3v) is 4.88. The highest BCUT2D eigenvalue weighted by Gasteiger charge is 2.28. The Balaban J connectivity index is 1.62. The van der Waals surface area contributed by atoms with Gasteiger partial charge in [-0.25, -0.2) is 4.98 Å². The summed E-state index contributed by atoms with van der Waals surface area (Å²) in [5.41, 5.74) is 3.37. The van der Waals surface area contributed by atoms with Gasteiger partial charge in [-0.1, -0.05) is 0 Å². The summed E-state index contributed by atoms with van der Waals surface area (Å²) >= 11 is 1.54. The fourth-order valence-corrected chi connectivity index (χ4v) is 3.39. The lowest BCUT2D eigenvalue weighted by Crippen LogP contribution is -2.50. The zero-order valence-corrected chi connectivity index (χ0v) is 14.8. The maximum Gasteiger partial charge on any atom is 0.251 e. The first-order valence-electron chi connectivity index (χ1n) is 8.11. The normalized spacial score (nSPS) is 21.3. The van der Waals surface area contributed by atoms with Crippen molar-refractivity contribution in [3.8, 4) is 0 Å². The summed E-state index contributed by atoms with van der Waals surface area (Å²) in [6.45, 7) is 2.64. The van der Waals surface area contributed by atoms with Gasteiger partial charge in [0.15, 0.2) is 0 Å². The number of carbonyl (C=O) groups excluding carboxylic acids is 1. The Morgan fingerprint density at radius 1 is 1.50 bits per heavy atom. The Bertz CT molecular complexity index is 689. The molecule has 6 nitrogen and oxygen atoms in total. The van der Waals surface area contributed by atoms with Crippen LogP contribution in [-0.2, 0) is 9.47 Å². The fourth-order valence-electron chi connectivity index (χ4n) is 2.68. The first-order valence-corrected chi connectivity index (χ1v) is 8.99. The number of fused-ring (bicyclic) bond motifs is 1. The maximum absolute atomic E-state index is 12.6. The molecule has 1 aliphatic rings. The molecular weight excluding hydrogens is 326 g/mol. The summed E-state index contributed by atoms with van der Waals surface area (Å²) in [4.78, 5) is 18.9. The molecular formula is C17H23N3O3S. The summed E-state index contributed by atoms with van der Waals surface area (Å²) < 4.78 is 12.4. The van der Waals surface area contributed by atoms with Crippen LogP contribution in [0.25, 0.3) is 10.2 Å². The molecule has 1 amide bonds. The lowest BCUT2D eigenvalue weighted by molar-refractivity contribution is -0.0690. The topological polar surface area (TPSA) is 63.7 Å². The predicted molar refractivity (Wildman–Crippen MR) is 94.6 cm³/mol. The Kier molecular flexibility index (Phi) is 5.78. The van der Waals surface area contributed by atoms with Crippen LogP contribution in [0.1, 0.15) is 16.8 Å². The van der Waals surface area contributed by atoms with Crippen molar-refractivity contribution >= 4 is 27.5 Å². The predicted octanol–water partition coefficient (Wildman–Crippen LogP) is 1.76.